The van der Waals surface area contributed by atoms with Crippen LogP contribution in [0, 0.1) is 18.3 Å². The van der Waals surface area contributed by atoms with Crippen molar-refractivity contribution in [2.75, 3.05) is 7.11 Å². The van der Waals surface area contributed by atoms with Gasteiger partial charge >= 0.3 is 6.09 Å². The monoisotopic (exact) mass is 223 g/mol. The van der Waals surface area contributed by atoms with Crippen molar-refractivity contribution < 1.29 is 14.6 Å². The molecule has 16 heavy (non-hydrogen) atoms. The number of aliphatic hydroxyl groups excluding tert-OH is 1. The summed E-state index contributed by atoms with van der Waals surface area (Å²) in [5.41, 5.74) is 0. The Labute approximate surface area is 95.6 Å². The molecule has 1 aliphatic heterocycles. The van der Waals surface area contributed by atoms with E-state index in [0.717, 1.165) is 19.3 Å². The predicted molar refractivity (Wildman–Crippen MR) is 58.6 cm³/mol. The molecule has 0 radical (unpaired) electrons. The zero-order valence-corrected chi connectivity index (χ0v) is 9.43. The van der Waals surface area contributed by atoms with Gasteiger partial charge in [-0.1, -0.05) is 5.92 Å². The van der Waals surface area contributed by atoms with Crippen LogP contribution in [0.15, 0.2) is 0 Å². The molecule has 0 aromatic heterocycles. The zero-order valence-electron chi connectivity index (χ0n) is 9.43. The minimum atomic E-state index is -0.371. The molecule has 1 aliphatic carbocycles. The standard InChI is InChI=1S/C12H17NO3/c1-3-8-7-9-10(5-4-6-11(9)14)13(8)12(15)16-2/h1,8-11,14H,4-7H2,2H3/t8?,9?,10-,11?/m1/s1. The van der Waals surface area contributed by atoms with Crippen LogP contribution >= 0.6 is 0 Å². The lowest BCUT2D eigenvalue weighted by Crippen LogP contribution is -2.45. The summed E-state index contributed by atoms with van der Waals surface area (Å²) in [5, 5.41) is 9.92. The van der Waals surface area contributed by atoms with Gasteiger partial charge < -0.3 is 9.84 Å². The van der Waals surface area contributed by atoms with E-state index in [9.17, 15) is 9.90 Å². The maximum Gasteiger partial charge on any atom is 0.410 e. The Morgan fingerprint density at radius 1 is 1.56 bits per heavy atom. The summed E-state index contributed by atoms with van der Waals surface area (Å²) >= 11 is 0. The van der Waals surface area contributed by atoms with Crippen LogP contribution in [0.3, 0.4) is 0 Å². The highest BCUT2D eigenvalue weighted by molar-refractivity contribution is 5.69. The number of methoxy groups -OCH3 is 1. The third-order valence-corrected chi connectivity index (χ3v) is 3.75. The van der Waals surface area contributed by atoms with Crippen molar-refractivity contribution in [2.24, 2.45) is 5.92 Å². The second-order valence-electron chi connectivity index (χ2n) is 4.52. The molecule has 2 aliphatic rings. The summed E-state index contributed by atoms with van der Waals surface area (Å²) in [6.45, 7) is 0. The minimum absolute atomic E-state index is 0.0530. The van der Waals surface area contributed by atoms with Crippen LogP contribution < -0.4 is 0 Å². The van der Waals surface area contributed by atoms with E-state index in [1.54, 1.807) is 4.90 Å². The normalized spacial score (nSPS) is 37.7. The van der Waals surface area contributed by atoms with Crippen LogP contribution in [0.1, 0.15) is 25.7 Å². The van der Waals surface area contributed by atoms with E-state index in [4.69, 9.17) is 11.2 Å². The van der Waals surface area contributed by atoms with E-state index in [2.05, 4.69) is 5.92 Å². The number of fused-ring (bicyclic) bond motifs is 1. The lowest BCUT2D eigenvalue weighted by molar-refractivity contribution is 0.0382. The Kier molecular flexibility index (Phi) is 3.06. The van der Waals surface area contributed by atoms with Gasteiger partial charge in [-0.3, -0.25) is 4.90 Å². The third-order valence-electron chi connectivity index (χ3n) is 3.75. The lowest BCUT2D eigenvalue weighted by atomic mass is 9.82. The van der Waals surface area contributed by atoms with Gasteiger partial charge in [-0.15, -0.1) is 6.42 Å². The van der Waals surface area contributed by atoms with E-state index >= 15 is 0 Å². The van der Waals surface area contributed by atoms with Gasteiger partial charge in [0.05, 0.1) is 19.3 Å². The molecule has 4 nitrogen and oxygen atoms in total. The summed E-state index contributed by atoms with van der Waals surface area (Å²) in [6, 6.07) is -0.174. The molecule has 0 spiro atoms. The van der Waals surface area contributed by atoms with Gasteiger partial charge in [0.25, 0.3) is 0 Å². The minimum Gasteiger partial charge on any atom is -0.453 e. The van der Waals surface area contributed by atoms with Crippen molar-refractivity contribution in [3.05, 3.63) is 0 Å². The van der Waals surface area contributed by atoms with E-state index in [1.807, 2.05) is 0 Å². The number of likely N-dealkylation sites (tertiary alicyclic amines) is 1. The maximum absolute atomic E-state index is 11.7. The third kappa shape index (κ3) is 1.65. The first-order chi connectivity index (χ1) is 7.69. The topological polar surface area (TPSA) is 49.8 Å². The average Bonchev–Trinajstić information content (AvgIpc) is 2.68. The molecule has 1 amide bonds. The van der Waals surface area contributed by atoms with Crippen molar-refractivity contribution >= 4 is 6.09 Å². The number of nitrogens with zero attached hydrogens (tertiary/aromatic N) is 1. The Morgan fingerprint density at radius 3 is 2.94 bits per heavy atom. The van der Waals surface area contributed by atoms with E-state index in [-0.39, 0.29) is 30.2 Å². The van der Waals surface area contributed by atoms with Crippen LogP contribution in [0.25, 0.3) is 0 Å². The molecular formula is C12H17NO3. The van der Waals surface area contributed by atoms with Crippen molar-refractivity contribution in [1.29, 1.82) is 0 Å². The second kappa shape index (κ2) is 4.34. The highest BCUT2D eigenvalue weighted by Gasteiger charge is 2.47. The average molecular weight is 223 g/mol. The van der Waals surface area contributed by atoms with Crippen molar-refractivity contribution in [3.8, 4) is 12.3 Å². The number of ether oxygens (including phenoxy) is 1. The smallest absolute Gasteiger partial charge is 0.410 e. The number of hydrogen-bond donors (Lipinski definition) is 1. The first-order valence-electron chi connectivity index (χ1n) is 5.69. The van der Waals surface area contributed by atoms with Gasteiger partial charge in [0.2, 0.25) is 0 Å². The first kappa shape index (κ1) is 11.3. The van der Waals surface area contributed by atoms with Gasteiger partial charge in [0.15, 0.2) is 0 Å². The first-order valence-corrected chi connectivity index (χ1v) is 5.69. The maximum atomic E-state index is 11.7. The predicted octanol–water partition coefficient (Wildman–Crippen LogP) is 0.990. The van der Waals surface area contributed by atoms with Crippen LogP contribution in [-0.4, -0.2) is 41.4 Å². The SMILES string of the molecule is C#CC1CC2C(O)CCC[C@H]2N1C(=O)OC. The Morgan fingerprint density at radius 2 is 2.31 bits per heavy atom. The summed E-state index contributed by atoms with van der Waals surface area (Å²) in [6.07, 6.45) is 8.09. The van der Waals surface area contributed by atoms with Crippen molar-refractivity contribution in [3.63, 3.8) is 0 Å². The molecule has 0 aromatic rings. The number of amides is 1. The quantitative estimate of drug-likeness (QED) is 0.623. The zero-order chi connectivity index (χ0) is 11.7. The molecule has 1 N–H and O–H groups in total. The summed E-state index contributed by atoms with van der Waals surface area (Å²) in [4.78, 5) is 13.3. The van der Waals surface area contributed by atoms with E-state index in [1.165, 1.54) is 7.11 Å². The van der Waals surface area contributed by atoms with Crippen LogP contribution in [-0.2, 0) is 4.74 Å². The van der Waals surface area contributed by atoms with Gasteiger partial charge in [0.1, 0.15) is 0 Å². The number of terminal acetylenes is 1. The number of aliphatic hydroxyl groups is 1. The molecule has 4 atom stereocenters. The van der Waals surface area contributed by atoms with Gasteiger partial charge in [-0.05, 0) is 25.7 Å². The molecular weight excluding hydrogens is 206 g/mol. The van der Waals surface area contributed by atoms with Crippen molar-refractivity contribution in [2.45, 2.75) is 43.9 Å². The number of carbonyl (C=O) groups excluding carboxylic acids is 1. The highest BCUT2D eigenvalue weighted by atomic mass is 16.5. The van der Waals surface area contributed by atoms with Crippen molar-refractivity contribution in [1.82, 2.24) is 4.90 Å². The molecule has 2 fully saturated rings. The number of carbonyl (C=O) groups is 1. The van der Waals surface area contributed by atoms with Crippen LogP contribution in [0.4, 0.5) is 4.79 Å². The Hall–Kier alpha value is -1.21. The molecule has 1 saturated heterocycles. The number of hydrogen-bond acceptors (Lipinski definition) is 3. The van der Waals surface area contributed by atoms with E-state index < -0.39 is 0 Å². The molecule has 0 aromatic carbocycles. The molecule has 2 rings (SSSR count). The highest BCUT2D eigenvalue weighted by Crippen LogP contribution is 2.39. The Balaban J connectivity index is 2.22. The molecule has 1 heterocycles. The fourth-order valence-electron chi connectivity index (χ4n) is 3.00. The summed E-state index contributed by atoms with van der Waals surface area (Å²) in [5.74, 6) is 2.74. The van der Waals surface area contributed by atoms with Gasteiger partial charge in [0, 0.05) is 12.0 Å². The molecule has 88 valence electrons. The molecule has 3 unspecified atom stereocenters. The lowest BCUT2D eigenvalue weighted by Gasteiger charge is -2.34. The molecule has 4 heteroatoms. The van der Waals surface area contributed by atoms with Crippen LogP contribution in [0.2, 0.25) is 0 Å². The van der Waals surface area contributed by atoms with Gasteiger partial charge in [-0.25, -0.2) is 4.79 Å². The summed E-state index contributed by atoms with van der Waals surface area (Å²) < 4.78 is 4.76. The fraction of sp³-hybridized carbons (Fsp3) is 0.750. The van der Waals surface area contributed by atoms with Gasteiger partial charge in [-0.2, -0.15) is 0 Å². The Bertz CT molecular complexity index is 323. The molecule has 1 saturated carbocycles. The largest absolute Gasteiger partial charge is 0.453 e. The van der Waals surface area contributed by atoms with E-state index in [0.29, 0.717) is 6.42 Å². The molecule has 0 bridgehead atoms. The second-order valence-corrected chi connectivity index (χ2v) is 4.52. The van der Waals surface area contributed by atoms with Crippen LogP contribution in [0.5, 0.6) is 0 Å². The number of rotatable bonds is 0. The fourth-order valence-corrected chi connectivity index (χ4v) is 3.00. The summed E-state index contributed by atoms with van der Waals surface area (Å²) in [7, 11) is 1.36.